The normalized spacial score (nSPS) is 11.3. The Bertz CT molecular complexity index is 1470. The van der Waals surface area contributed by atoms with Gasteiger partial charge in [-0.1, -0.05) is 66.7 Å². The Balaban J connectivity index is 1.66. The highest BCUT2D eigenvalue weighted by molar-refractivity contribution is 6.09. The van der Waals surface area contributed by atoms with Crippen LogP contribution in [0.2, 0.25) is 0 Å². The third kappa shape index (κ3) is 2.62. The summed E-state index contributed by atoms with van der Waals surface area (Å²) < 4.78 is 8.30. The van der Waals surface area contributed by atoms with E-state index in [1.807, 2.05) is 66.7 Å². The second-order valence-corrected chi connectivity index (χ2v) is 7.13. The highest BCUT2D eigenvalue weighted by Crippen LogP contribution is 2.33. The van der Waals surface area contributed by atoms with Crippen LogP contribution >= 0.6 is 0 Å². The fourth-order valence-electron chi connectivity index (χ4n) is 3.95. The first-order valence-corrected chi connectivity index (χ1v) is 9.87. The Morgan fingerprint density at radius 3 is 1.80 bits per heavy atom. The zero-order valence-corrected chi connectivity index (χ0v) is 16.1. The number of fused-ring (bicyclic) bond motifs is 4. The number of hydrogen-bond acceptors (Lipinski definition) is 3. The number of ether oxygens (including phenoxy) is 1. The van der Waals surface area contributed by atoms with Crippen molar-refractivity contribution in [3.8, 4) is 17.6 Å². The molecule has 4 heteroatoms. The molecule has 0 amide bonds. The van der Waals surface area contributed by atoms with Crippen LogP contribution in [0.1, 0.15) is 0 Å². The van der Waals surface area contributed by atoms with Gasteiger partial charge in [-0.25, -0.2) is 4.98 Å². The zero-order chi connectivity index (χ0) is 19.9. The molecule has 0 atom stereocenters. The molecule has 2 heterocycles. The van der Waals surface area contributed by atoms with Gasteiger partial charge in [-0.15, -0.1) is 0 Å². The summed E-state index contributed by atoms with van der Waals surface area (Å²) in [4.78, 5) is 9.76. The van der Waals surface area contributed by atoms with E-state index in [1.165, 1.54) is 10.8 Å². The molecule has 30 heavy (non-hydrogen) atoms. The third-order valence-corrected chi connectivity index (χ3v) is 5.29. The maximum atomic E-state index is 6.19. The van der Waals surface area contributed by atoms with Crippen LogP contribution < -0.4 is 4.74 Å². The number of rotatable bonds is 3. The molecule has 4 aromatic carbocycles. The van der Waals surface area contributed by atoms with Crippen molar-refractivity contribution >= 4 is 32.7 Å². The molecular formula is C26H17N3O. The van der Waals surface area contributed by atoms with Gasteiger partial charge in [0.25, 0.3) is 0 Å². The molecule has 0 aliphatic rings. The molecule has 2 aromatic heterocycles. The van der Waals surface area contributed by atoms with Gasteiger partial charge in [0, 0.05) is 10.8 Å². The Hall–Kier alpha value is -4.18. The van der Waals surface area contributed by atoms with Crippen molar-refractivity contribution in [2.24, 2.45) is 0 Å². The first-order valence-electron chi connectivity index (χ1n) is 9.87. The summed E-state index contributed by atoms with van der Waals surface area (Å²) in [6, 6.07) is 34.3. The van der Waals surface area contributed by atoms with E-state index in [-0.39, 0.29) is 0 Å². The van der Waals surface area contributed by atoms with E-state index >= 15 is 0 Å². The third-order valence-electron chi connectivity index (χ3n) is 5.29. The SMILES string of the molecule is c1ccc(Oc2nc(-n3c4ccccc4c4ccccc43)nc3ccccc23)cc1. The molecule has 0 fully saturated rings. The Morgan fingerprint density at radius 2 is 1.10 bits per heavy atom. The largest absolute Gasteiger partial charge is 0.438 e. The number of benzene rings is 4. The molecule has 0 saturated heterocycles. The minimum atomic E-state index is 0.545. The second kappa shape index (κ2) is 6.71. The van der Waals surface area contributed by atoms with E-state index in [9.17, 15) is 0 Å². The molecule has 0 N–H and O–H groups in total. The average Bonchev–Trinajstić information content (AvgIpc) is 3.14. The Labute approximate surface area is 173 Å². The molecule has 6 rings (SSSR count). The van der Waals surface area contributed by atoms with Crippen LogP contribution in [0.15, 0.2) is 103 Å². The minimum Gasteiger partial charge on any atom is -0.438 e. The quantitative estimate of drug-likeness (QED) is 0.347. The van der Waals surface area contributed by atoms with Gasteiger partial charge in [0.15, 0.2) is 0 Å². The number of para-hydroxylation sites is 4. The summed E-state index contributed by atoms with van der Waals surface area (Å²) in [6.45, 7) is 0. The van der Waals surface area contributed by atoms with Crippen molar-refractivity contribution in [1.29, 1.82) is 0 Å². The van der Waals surface area contributed by atoms with Crippen LogP contribution in [0.5, 0.6) is 11.6 Å². The van der Waals surface area contributed by atoms with E-state index in [0.717, 1.165) is 27.7 Å². The average molecular weight is 387 g/mol. The highest BCUT2D eigenvalue weighted by Gasteiger charge is 2.16. The summed E-state index contributed by atoms with van der Waals surface area (Å²) in [5, 5.41) is 3.23. The Kier molecular flexibility index (Phi) is 3.74. The van der Waals surface area contributed by atoms with Crippen LogP contribution in [0.25, 0.3) is 38.7 Å². The molecule has 0 unspecified atom stereocenters. The maximum Gasteiger partial charge on any atom is 0.238 e. The van der Waals surface area contributed by atoms with Gasteiger partial charge in [-0.05, 0) is 36.4 Å². The van der Waals surface area contributed by atoms with Crippen LogP contribution in [0.3, 0.4) is 0 Å². The van der Waals surface area contributed by atoms with Crippen molar-refractivity contribution in [2.45, 2.75) is 0 Å². The molecule has 6 aromatic rings. The number of aromatic nitrogens is 3. The van der Waals surface area contributed by atoms with Crippen LogP contribution in [-0.4, -0.2) is 14.5 Å². The smallest absolute Gasteiger partial charge is 0.238 e. The van der Waals surface area contributed by atoms with Crippen molar-refractivity contribution < 1.29 is 4.74 Å². The summed E-state index contributed by atoms with van der Waals surface area (Å²) >= 11 is 0. The van der Waals surface area contributed by atoms with E-state index in [1.54, 1.807) is 0 Å². The number of hydrogen-bond donors (Lipinski definition) is 0. The van der Waals surface area contributed by atoms with E-state index < -0.39 is 0 Å². The molecule has 0 aliphatic heterocycles. The Morgan fingerprint density at radius 1 is 0.533 bits per heavy atom. The van der Waals surface area contributed by atoms with Gasteiger partial charge in [0.2, 0.25) is 11.8 Å². The van der Waals surface area contributed by atoms with Gasteiger partial charge in [-0.2, -0.15) is 4.98 Å². The van der Waals surface area contributed by atoms with Gasteiger partial charge in [-0.3, -0.25) is 4.57 Å². The summed E-state index contributed by atoms with van der Waals surface area (Å²) in [5.74, 6) is 1.88. The predicted octanol–water partition coefficient (Wildman–Crippen LogP) is 6.52. The first kappa shape index (κ1) is 16.7. The van der Waals surface area contributed by atoms with Crippen LogP contribution in [-0.2, 0) is 0 Å². The van der Waals surface area contributed by atoms with Crippen molar-refractivity contribution in [3.63, 3.8) is 0 Å². The van der Waals surface area contributed by atoms with E-state index in [4.69, 9.17) is 14.7 Å². The minimum absolute atomic E-state index is 0.545. The monoisotopic (exact) mass is 387 g/mol. The molecule has 0 radical (unpaired) electrons. The lowest BCUT2D eigenvalue weighted by molar-refractivity contribution is 0.467. The fourth-order valence-corrected chi connectivity index (χ4v) is 3.95. The standard InChI is InChI=1S/C26H17N3O/c1-2-10-18(11-3-1)30-25-21-14-4-7-15-22(21)27-26(28-25)29-23-16-8-5-12-19(23)20-13-6-9-17-24(20)29/h1-17H. The topological polar surface area (TPSA) is 39.9 Å². The van der Waals surface area contributed by atoms with Crippen molar-refractivity contribution in [1.82, 2.24) is 14.5 Å². The summed E-state index contributed by atoms with van der Waals surface area (Å²) in [6.07, 6.45) is 0. The molecular weight excluding hydrogens is 370 g/mol. The second-order valence-electron chi connectivity index (χ2n) is 7.13. The highest BCUT2D eigenvalue weighted by atomic mass is 16.5. The predicted molar refractivity (Wildman–Crippen MR) is 120 cm³/mol. The lowest BCUT2D eigenvalue weighted by atomic mass is 10.2. The summed E-state index contributed by atoms with van der Waals surface area (Å²) in [7, 11) is 0. The molecule has 0 bridgehead atoms. The molecule has 142 valence electrons. The van der Waals surface area contributed by atoms with E-state index in [0.29, 0.717) is 11.8 Å². The lowest BCUT2D eigenvalue weighted by Gasteiger charge is -2.12. The van der Waals surface area contributed by atoms with Gasteiger partial charge in [0.1, 0.15) is 5.75 Å². The summed E-state index contributed by atoms with van der Waals surface area (Å²) in [5.41, 5.74) is 2.98. The molecule has 0 saturated carbocycles. The van der Waals surface area contributed by atoms with Crippen molar-refractivity contribution in [3.05, 3.63) is 103 Å². The van der Waals surface area contributed by atoms with Gasteiger partial charge in [0.05, 0.1) is 21.9 Å². The number of nitrogens with zero attached hydrogens (tertiary/aromatic N) is 3. The van der Waals surface area contributed by atoms with Crippen molar-refractivity contribution in [2.75, 3.05) is 0 Å². The fraction of sp³-hybridized carbons (Fsp3) is 0. The lowest BCUT2D eigenvalue weighted by Crippen LogP contribution is -2.03. The maximum absolute atomic E-state index is 6.19. The van der Waals surface area contributed by atoms with Crippen LogP contribution in [0, 0.1) is 0 Å². The van der Waals surface area contributed by atoms with Gasteiger partial charge >= 0.3 is 0 Å². The van der Waals surface area contributed by atoms with E-state index in [2.05, 4.69) is 41.0 Å². The first-order chi connectivity index (χ1) is 14.9. The van der Waals surface area contributed by atoms with Crippen LogP contribution in [0.4, 0.5) is 0 Å². The molecule has 4 nitrogen and oxygen atoms in total. The van der Waals surface area contributed by atoms with Gasteiger partial charge < -0.3 is 4.74 Å². The zero-order valence-electron chi connectivity index (χ0n) is 16.1. The molecule has 0 spiro atoms. The molecule has 0 aliphatic carbocycles.